The number of carbonyl (C=O) groups is 2. The Morgan fingerprint density at radius 2 is 1.67 bits per heavy atom. The molecule has 33 heavy (non-hydrogen) atoms. The number of amides is 2. The van der Waals surface area contributed by atoms with E-state index in [-0.39, 0.29) is 11.8 Å². The van der Waals surface area contributed by atoms with Crippen LogP contribution >= 0.6 is 0 Å². The number of hydrogen-bond donors (Lipinski definition) is 0. The molecular weight excluding hydrogens is 416 g/mol. The number of imide groups is 1. The molecule has 0 bridgehead atoms. The highest BCUT2D eigenvalue weighted by molar-refractivity contribution is 6.35. The lowest BCUT2D eigenvalue weighted by molar-refractivity contribution is -0.137. The number of carbonyl (C=O) groups excluding carboxylic acids is 2. The van der Waals surface area contributed by atoms with E-state index in [0.717, 1.165) is 11.3 Å². The van der Waals surface area contributed by atoms with E-state index in [1.807, 2.05) is 73.5 Å². The fourth-order valence-electron chi connectivity index (χ4n) is 3.77. The molecule has 0 aromatic heterocycles. The molecule has 2 aromatic rings. The standard InChI is InChI=1S/C27H34N2O4/c1-5-32-17-9-16-29-26(30)24(22-12-14-23(15-13-22)33-19-20(2)3)25(27(29)31)28(4)18-21-10-7-6-8-11-21/h6-8,10-15,20H,5,9,16-19H2,1-4H3. The summed E-state index contributed by atoms with van der Waals surface area (Å²) in [6.45, 7) is 8.73. The zero-order valence-electron chi connectivity index (χ0n) is 20.0. The van der Waals surface area contributed by atoms with E-state index in [0.29, 0.717) is 62.1 Å². The van der Waals surface area contributed by atoms with Gasteiger partial charge in [-0.1, -0.05) is 56.3 Å². The van der Waals surface area contributed by atoms with Crippen molar-refractivity contribution in [3.63, 3.8) is 0 Å². The Morgan fingerprint density at radius 3 is 2.30 bits per heavy atom. The highest BCUT2D eigenvalue weighted by Crippen LogP contribution is 2.32. The highest BCUT2D eigenvalue weighted by atomic mass is 16.5. The second kappa shape index (κ2) is 11.7. The molecule has 0 N–H and O–H groups in total. The van der Waals surface area contributed by atoms with Gasteiger partial charge < -0.3 is 14.4 Å². The summed E-state index contributed by atoms with van der Waals surface area (Å²) in [7, 11) is 1.86. The molecule has 0 saturated heterocycles. The van der Waals surface area contributed by atoms with E-state index < -0.39 is 0 Å². The Kier molecular flexibility index (Phi) is 8.66. The molecular formula is C27H34N2O4. The summed E-state index contributed by atoms with van der Waals surface area (Å²) in [5, 5.41) is 0. The van der Waals surface area contributed by atoms with Gasteiger partial charge in [-0.05, 0) is 42.5 Å². The van der Waals surface area contributed by atoms with Crippen molar-refractivity contribution in [1.29, 1.82) is 0 Å². The number of ether oxygens (including phenoxy) is 2. The van der Waals surface area contributed by atoms with E-state index in [1.165, 1.54) is 4.90 Å². The molecule has 0 radical (unpaired) electrons. The van der Waals surface area contributed by atoms with Gasteiger partial charge in [0.25, 0.3) is 11.8 Å². The Labute approximate surface area is 196 Å². The van der Waals surface area contributed by atoms with Crippen molar-refractivity contribution in [1.82, 2.24) is 9.80 Å². The van der Waals surface area contributed by atoms with Gasteiger partial charge in [-0.15, -0.1) is 0 Å². The van der Waals surface area contributed by atoms with E-state index in [4.69, 9.17) is 9.47 Å². The number of hydrogen-bond acceptors (Lipinski definition) is 5. The quantitative estimate of drug-likeness (QED) is 0.355. The van der Waals surface area contributed by atoms with Gasteiger partial charge in [0, 0.05) is 33.4 Å². The molecule has 1 aliphatic rings. The predicted molar refractivity (Wildman–Crippen MR) is 129 cm³/mol. The van der Waals surface area contributed by atoms with Crippen LogP contribution in [0.2, 0.25) is 0 Å². The summed E-state index contributed by atoms with van der Waals surface area (Å²) in [6, 6.07) is 17.3. The maximum atomic E-state index is 13.4. The lowest BCUT2D eigenvalue weighted by Gasteiger charge is -2.21. The lowest BCUT2D eigenvalue weighted by atomic mass is 10.0. The minimum Gasteiger partial charge on any atom is -0.493 e. The van der Waals surface area contributed by atoms with Crippen LogP contribution < -0.4 is 4.74 Å². The molecule has 0 spiro atoms. The van der Waals surface area contributed by atoms with E-state index in [2.05, 4.69) is 13.8 Å². The van der Waals surface area contributed by atoms with Gasteiger partial charge in [-0.25, -0.2) is 0 Å². The molecule has 176 valence electrons. The lowest BCUT2D eigenvalue weighted by Crippen LogP contribution is -2.35. The van der Waals surface area contributed by atoms with Gasteiger partial charge in [0.15, 0.2) is 0 Å². The van der Waals surface area contributed by atoms with Crippen molar-refractivity contribution in [2.24, 2.45) is 5.92 Å². The molecule has 0 atom stereocenters. The molecule has 3 rings (SSSR count). The topological polar surface area (TPSA) is 59.1 Å². The van der Waals surface area contributed by atoms with Crippen molar-refractivity contribution < 1.29 is 19.1 Å². The maximum Gasteiger partial charge on any atom is 0.277 e. The molecule has 1 aliphatic heterocycles. The summed E-state index contributed by atoms with van der Waals surface area (Å²) in [4.78, 5) is 30.0. The number of rotatable bonds is 12. The van der Waals surface area contributed by atoms with Crippen molar-refractivity contribution in [2.75, 3.05) is 33.4 Å². The Hall–Kier alpha value is -3.12. The first-order valence-electron chi connectivity index (χ1n) is 11.6. The second-order valence-electron chi connectivity index (χ2n) is 8.61. The van der Waals surface area contributed by atoms with Gasteiger partial charge in [0.1, 0.15) is 11.4 Å². The van der Waals surface area contributed by atoms with Gasteiger partial charge in [0.05, 0.1) is 12.2 Å². The average molecular weight is 451 g/mol. The number of benzene rings is 2. The Morgan fingerprint density at radius 1 is 0.970 bits per heavy atom. The summed E-state index contributed by atoms with van der Waals surface area (Å²) in [5.74, 6) is 0.648. The average Bonchev–Trinajstić information content (AvgIpc) is 3.06. The first-order valence-corrected chi connectivity index (χ1v) is 11.6. The minimum absolute atomic E-state index is 0.259. The maximum absolute atomic E-state index is 13.4. The van der Waals surface area contributed by atoms with Crippen LogP contribution in [0.4, 0.5) is 0 Å². The van der Waals surface area contributed by atoms with Crippen LogP contribution in [0.3, 0.4) is 0 Å². The van der Waals surface area contributed by atoms with E-state index in [9.17, 15) is 9.59 Å². The van der Waals surface area contributed by atoms with Gasteiger partial charge in [-0.3, -0.25) is 14.5 Å². The number of likely N-dealkylation sites (N-methyl/N-ethyl adjacent to an activating group) is 1. The molecule has 1 heterocycles. The molecule has 2 amide bonds. The van der Waals surface area contributed by atoms with Crippen LogP contribution in [0, 0.1) is 5.92 Å². The smallest absolute Gasteiger partial charge is 0.277 e. The normalized spacial score (nSPS) is 13.9. The van der Waals surface area contributed by atoms with Crippen molar-refractivity contribution in [2.45, 2.75) is 33.7 Å². The Balaban J connectivity index is 1.89. The molecule has 6 nitrogen and oxygen atoms in total. The minimum atomic E-state index is -0.262. The number of nitrogens with zero attached hydrogens (tertiary/aromatic N) is 2. The van der Waals surface area contributed by atoms with Gasteiger partial charge >= 0.3 is 0 Å². The highest BCUT2D eigenvalue weighted by Gasteiger charge is 2.40. The molecule has 0 aliphatic carbocycles. The van der Waals surface area contributed by atoms with Crippen LogP contribution in [0.25, 0.3) is 5.57 Å². The SMILES string of the molecule is CCOCCCN1C(=O)C(c2ccc(OCC(C)C)cc2)=C(N(C)Cc2ccccc2)C1=O. The molecule has 6 heteroatoms. The largest absolute Gasteiger partial charge is 0.493 e. The second-order valence-corrected chi connectivity index (χ2v) is 8.61. The molecule has 2 aromatic carbocycles. The first kappa shape index (κ1) is 24.5. The van der Waals surface area contributed by atoms with Gasteiger partial charge in [-0.2, -0.15) is 0 Å². The fourth-order valence-corrected chi connectivity index (χ4v) is 3.77. The zero-order valence-corrected chi connectivity index (χ0v) is 20.0. The third kappa shape index (κ3) is 6.23. The fraction of sp³-hybridized carbons (Fsp3) is 0.407. The van der Waals surface area contributed by atoms with Crippen LogP contribution in [0.15, 0.2) is 60.3 Å². The summed E-state index contributed by atoms with van der Waals surface area (Å²) in [5.41, 5.74) is 2.65. The first-order chi connectivity index (χ1) is 15.9. The van der Waals surface area contributed by atoms with Gasteiger partial charge in [0.2, 0.25) is 0 Å². The van der Waals surface area contributed by atoms with Crippen molar-refractivity contribution in [3.05, 3.63) is 71.4 Å². The summed E-state index contributed by atoms with van der Waals surface area (Å²) < 4.78 is 11.2. The predicted octanol–water partition coefficient (Wildman–Crippen LogP) is 4.36. The monoisotopic (exact) mass is 450 g/mol. The molecule has 0 fully saturated rings. The summed E-state index contributed by atoms with van der Waals surface area (Å²) in [6.07, 6.45) is 0.607. The third-order valence-electron chi connectivity index (χ3n) is 5.39. The van der Waals surface area contributed by atoms with Crippen molar-refractivity contribution in [3.8, 4) is 5.75 Å². The molecule has 0 unspecified atom stereocenters. The summed E-state index contributed by atoms with van der Waals surface area (Å²) >= 11 is 0. The molecule has 0 saturated carbocycles. The van der Waals surface area contributed by atoms with Crippen LogP contribution in [0.5, 0.6) is 5.75 Å². The Bertz CT molecular complexity index is 967. The van der Waals surface area contributed by atoms with Crippen LogP contribution in [-0.2, 0) is 20.9 Å². The van der Waals surface area contributed by atoms with Crippen LogP contribution in [-0.4, -0.2) is 55.0 Å². The van der Waals surface area contributed by atoms with E-state index in [1.54, 1.807) is 0 Å². The zero-order chi connectivity index (χ0) is 23.8. The van der Waals surface area contributed by atoms with E-state index >= 15 is 0 Å². The van der Waals surface area contributed by atoms with Crippen LogP contribution in [0.1, 0.15) is 38.3 Å². The van der Waals surface area contributed by atoms with Crippen molar-refractivity contribution >= 4 is 17.4 Å². The third-order valence-corrected chi connectivity index (χ3v) is 5.39.